The van der Waals surface area contributed by atoms with E-state index in [0.717, 1.165) is 21.6 Å². The van der Waals surface area contributed by atoms with E-state index in [0.29, 0.717) is 12.5 Å². The van der Waals surface area contributed by atoms with Crippen LogP contribution in [0.5, 0.6) is 0 Å². The minimum absolute atomic E-state index is 0.00534. The standard InChI is InChI=1S/C16H19N3O2S/c1-10-7-11(10)16(21)17-8-15(20)19(2)9-14-18-12-5-3-4-6-13(12)22-14/h3-6,10-11H,7-9H2,1-2H3,(H,17,21)/t10-,11+/m0/s1. The summed E-state index contributed by atoms with van der Waals surface area (Å²) in [6, 6.07) is 7.92. The molecule has 1 saturated carbocycles. The van der Waals surface area contributed by atoms with Crippen LogP contribution in [-0.2, 0) is 16.1 Å². The van der Waals surface area contributed by atoms with Crippen LogP contribution in [0.3, 0.4) is 0 Å². The summed E-state index contributed by atoms with van der Waals surface area (Å²) < 4.78 is 1.12. The van der Waals surface area contributed by atoms with Gasteiger partial charge in [-0.05, 0) is 24.5 Å². The molecule has 6 heteroatoms. The Balaban J connectivity index is 1.53. The Bertz CT molecular complexity index is 679. The molecule has 1 aliphatic carbocycles. The van der Waals surface area contributed by atoms with Gasteiger partial charge in [0, 0.05) is 13.0 Å². The summed E-state index contributed by atoms with van der Waals surface area (Å²) in [5.74, 6) is 0.452. The summed E-state index contributed by atoms with van der Waals surface area (Å²) in [4.78, 5) is 29.9. The van der Waals surface area contributed by atoms with Gasteiger partial charge in [-0.3, -0.25) is 9.59 Å². The Morgan fingerprint density at radius 2 is 2.14 bits per heavy atom. The van der Waals surface area contributed by atoms with E-state index in [1.807, 2.05) is 31.2 Å². The number of aromatic nitrogens is 1. The summed E-state index contributed by atoms with van der Waals surface area (Å²) >= 11 is 1.59. The van der Waals surface area contributed by atoms with E-state index in [1.54, 1.807) is 23.3 Å². The highest BCUT2D eigenvalue weighted by Crippen LogP contribution is 2.37. The molecule has 0 radical (unpaired) electrons. The van der Waals surface area contributed by atoms with Crippen LogP contribution in [-0.4, -0.2) is 35.3 Å². The quantitative estimate of drug-likeness (QED) is 0.918. The van der Waals surface area contributed by atoms with Crippen LogP contribution in [0.4, 0.5) is 0 Å². The fraction of sp³-hybridized carbons (Fsp3) is 0.438. The number of nitrogens with zero attached hydrogens (tertiary/aromatic N) is 2. The number of hydrogen-bond donors (Lipinski definition) is 1. The molecule has 0 unspecified atom stereocenters. The molecule has 0 bridgehead atoms. The van der Waals surface area contributed by atoms with E-state index < -0.39 is 0 Å². The van der Waals surface area contributed by atoms with Crippen LogP contribution in [0.15, 0.2) is 24.3 Å². The number of thiazole rings is 1. The lowest BCUT2D eigenvalue weighted by Crippen LogP contribution is -2.38. The summed E-state index contributed by atoms with van der Waals surface area (Å²) in [5.41, 5.74) is 0.958. The number of nitrogens with one attached hydrogen (secondary N) is 1. The van der Waals surface area contributed by atoms with Crippen molar-refractivity contribution >= 4 is 33.4 Å². The molecule has 1 aliphatic rings. The lowest BCUT2D eigenvalue weighted by atomic mass is 10.3. The molecule has 3 rings (SSSR count). The first kappa shape index (κ1) is 15.0. The number of likely N-dealkylation sites (N-methyl/N-ethyl adjacent to an activating group) is 1. The molecule has 2 amide bonds. The van der Waals surface area contributed by atoms with Crippen molar-refractivity contribution in [1.29, 1.82) is 0 Å². The smallest absolute Gasteiger partial charge is 0.242 e. The molecule has 0 saturated heterocycles. The van der Waals surface area contributed by atoms with Crippen molar-refractivity contribution in [2.75, 3.05) is 13.6 Å². The van der Waals surface area contributed by atoms with E-state index in [-0.39, 0.29) is 24.3 Å². The van der Waals surface area contributed by atoms with Crippen LogP contribution in [0.25, 0.3) is 10.2 Å². The maximum absolute atomic E-state index is 12.1. The number of fused-ring (bicyclic) bond motifs is 1. The van der Waals surface area contributed by atoms with E-state index >= 15 is 0 Å². The van der Waals surface area contributed by atoms with Gasteiger partial charge in [-0.2, -0.15) is 0 Å². The molecule has 0 aliphatic heterocycles. The second kappa shape index (κ2) is 6.04. The minimum Gasteiger partial charge on any atom is -0.347 e. The highest BCUT2D eigenvalue weighted by molar-refractivity contribution is 7.18. The van der Waals surface area contributed by atoms with E-state index in [4.69, 9.17) is 0 Å². The molecule has 2 atom stereocenters. The van der Waals surface area contributed by atoms with Crippen molar-refractivity contribution in [3.05, 3.63) is 29.3 Å². The zero-order valence-electron chi connectivity index (χ0n) is 12.7. The Hall–Kier alpha value is -1.95. The number of carbonyl (C=O) groups excluding carboxylic acids is 2. The maximum atomic E-state index is 12.1. The highest BCUT2D eigenvalue weighted by atomic mass is 32.1. The van der Waals surface area contributed by atoms with Crippen molar-refractivity contribution in [1.82, 2.24) is 15.2 Å². The van der Waals surface area contributed by atoms with Crippen molar-refractivity contribution in [2.24, 2.45) is 11.8 Å². The molecule has 0 spiro atoms. The first-order valence-corrected chi connectivity index (χ1v) is 8.22. The number of amides is 2. The van der Waals surface area contributed by atoms with Crippen LogP contribution in [0, 0.1) is 11.8 Å². The van der Waals surface area contributed by atoms with Crippen LogP contribution >= 0.6 is 11.3 Å². The number of hydrogen-bond acceptors (Lipinski definition) is 4. The lowest BCUT2D eigenvalue weighted by molar-refractivity contribution is -0.132. The number of rotatable bonds is 5. The molecule has 1 fully saturated rings. The van der Waals surface area contributed by atoms with Gasteiger partial charge in [0.2, 0.25) is 11.8 Å². The predicted octanol–water partition coefficient (Wildman–Crippen LogP) is 2.03. The highest BCUT2D eigenvalue weighted by Gasteiger charge is 2.39. The van der Waals surface area contributed by atoms with Crippen molar-refractivity contribution in [3.63, 3.8) is 0 Å². The maximum Gasteiger partial charge on any atom is 0.242 e. The van der Waals surface area contributed by atoms with Gasteiger partial charge in [0.25, 0.3) is 0 Å². The second-order valence-corrected chi connectivity index (χ2v) is 6.98. The average Bonchev–Trinajstić information content (AvgIpc) is 3.09. The molecular weight excluding hydrogens is 298 g/mol. The summed E-state index contributed by atoms with van der Waals surface area (Å²) in [7, 11) is 1.74. The molecule has 1 aromatic carbocycles. The zero-order valence-corrected chi connectivity index (χ0v) is 13.5. The molecule has 5 nitrogen and oxygen atoms in total. The topological polar surface area (TPSA) is 62.3 Å². The van der Waals surface area contributed by atoms with E-state index in [1.165, 1.54) is 0 Å². The van der Waals surface area contributed by atoms with Gasteiger partial charge in [0.1, 0.15) is 5.01 Å². The van der Waals surface area contributed by atoms with Crippen LogP contribution < -0.4 is 5.32 Å². The SMILES string of the molecule is C[C@H]1C[C@H]1C(=O)NCC(=O)N(C)Cc1nc2ccccc2s1. The number of para-hydroxylation sites is 1. The van der Waals surface area contributed by atoms with Gasteiger partial charge in [-0.1, -0.05) is 19.1 Å². The first-order chi connectivity index (χ1) is 10.5. The molecule has 22 heavy (non-hydrogen) atoms. The molecule has 1 N–H and O–H groups in total. The fourth-order valence-electron chi connectivity index (χ4n) is 2.39. The second-order valence-electron chi connectivity index (χ2n) is 5.86. The van der Waals surface area contributed by atoms with Gasteiger partial charge in [-0.25, -0.2) is 4.98 Å². The van der Waals surface area contributed by atoms with Gasteiger partial charge in [0.15, 0.2) is 0 Å². The monoisotopic (exact) mass is 317 g/mol. The van der Waals surface area contributed by atoms with E-state index in [9.17, 15) is 9.59 Å². The molecule has 1 heterocycles. The number of benzene rings is 1. The largest absolute Gasteiger partial charge is 0.347 e. The fourth-order valence-corrected chi connectivity index (χ4v) is 3.42. The predicted molar refractivity (Wildman–Crippen MR) is 86.4 cm³/mol. The third-order valence-electron chi connectivity index (χ3n) is 4.00. The Morgan fingerprint density at radius 1 is 1.41 bits per heavy atom. The molecule has 2 aromatic rings. The number of carbonyl (C=O) groups is 2. The third kappa shape index (κ3) is 3.27. The minimum atomic E-state index is -0.0964. The van der Waals surface area contributed by atoms with Gasteiger partial charge >= 0.3 is 0 Å². The van der Waals surface area contributed by atoms with Gasteiger partial charge in [-0.15, -0.1) is 11.3 Å². The molecule has 116 valence electrons. The Labute approximate surface area is 133 Å². The van der Waals surface area contributed by atoms with Crippen LogP contribution in [0.1, 0.15) is 18.4 Å². The summed E-state index contributed by atoms with van der Waals surface area (Å²) in [6.07, 6.45) is 0.932. The Kier molecular flexibility index (Phi) is 4.11. The lowest BCUT2D eigenvalue weighted by Gasteiger charge is -2.16. The van der Waals surface area contributed by atoms with Crippen molar-refractivity contribution in [2.45, 2.75) is 19.9 Å². The third-order valence-corrected chi connectivity index (χ3v) is 5.02. The van der Waals surface area contributed by atoms with Gasteiger partial charge in [0.05, 0.1) is 23.3 Å². The zero-order chi connectivity index (χ0) is 15.7. The summed E-state index contributed by atoms with van der Waals surface area (Å²) in [6.45, 7) is 2.57. The molecular formula is C16H19N3O2S. The summed E-state index contributed by atoms with van der Waals surface area (Å²) in [5, 5.41) is 3.62. The molecule has 1 aromatic heterocycles. The first-order valence-electron chi connectivity index (χ1n) is 7.40. The van der Waals surface area contributed by atoms with Crippen molar-refractivity contribution < 1.29 is 9.59 Å². The average molecular weight is 317 g/mol. The normalized spacial score (nSPS) is 19.9. The van der Waals surface area contributed by atoms with E-state index in [2.05, 4.69) is 10.3 Å². The Morgan fingerprint density at radius 3 is 2.82 bits per heavy atom. The van der Waals surface area contributed by atoms with Gasteiger partial charge < -0.3 is 10.2 Å². The van der Waals surface area contributed by atoms with Crippen LogP contribution in [0.2, 0.25) is 0 Å². The van der Waals surface area contributed by atoms with Crippen molar-refractivity contribution in [3.8, 4) is 0 Å².